The largest absolute Gasteiger partial charge is 0.494 e. The highest BCUT2D eigenvalue weighted by molar-refractivity contribution is 5.89. The van der Waals surface area contributed by atoms with Crippen molar-refractivity contribution in [2.24, 2.45) is 0 Å². The number of nitrogens with one attached hydrogen (secondary N) is 3. The van der Waals surface area contributed by atoms with Crippen LogP contribution in [0.1, 0.15) is 31.2 Å². The van der Waals surface area contributed by atoms with E-state index in [1.807, 2.05) is 49.3 Å². The van der Waals surface area contributed by atoms with Gasteiger partial charge in [0.15, 0.2) is 6.17 Å². The number of carbonyl (C=O) groups is 3. The van der Waals surface area contributed by atoms with Crippen LogP contribution in [-0.2, 0) is 20.8 Å². The van der Waals surface area contributed by atoms with Gasteiger partial charge in [0.25, 0.3) is 5.91 Å². The van der Waals surface area contributed by atoms with Crippen molar-refractivity contribution in [2.45, 2.75) is 38.3 Å². The molecule has 4 N–H and O–H groups in total. The van der Waals surface area contributed by atoms with Gasteiger partial charge in [-0.1, -0.05) is 30.3 Å². The van der Waals surface area contributed by atoms with E-state index in [0.29, 0.717) is 50.3 Å². The molecule has 0 saturated carbocycles. The zero-order valence-corrected chi connectivity index (χ0v) is 20.5. The molecule has 0 heterocycles. The number of anilines is 1. The summed E-state index contributed by atoms with van der Waals surface area (Å²) in [6.45, 7) is 1.53. The number of aliphatic carboxylic acids is 1. The third kappa shape index (κ3) is 11.9. The van der Waals surface area contributed by atoms with Crippen molar-refractivity contribution in [2.75, 3.05) is 39.1 Å². The first-order chi connectivity index (χ1) is 16.8. The third-order valence-corrected chi connectivity index (χ3v) is 5.10. The van der Waals surface area contributed by atoms with E-state index in [0.717, 1.165) is 12.1 Å². The van der Waals surface area contributed by atoms with E-state index < -0.39 is 12.1 Å². The minimum Gasteiger partial charge on any atom is -0.494 e. The zero-order chi connectivity index (χ0) is 25.5. The van der Waals surface area contributed by atoms with E-state index >= 15 is 0 Å². The van der Waals surface area contributed by atoms with Gasteiger partial charge in [-0.25, -0.2) is 0 Å². The smallest absolute Gasteiger partial charge is 0.303 e. The van der Waals surface area contributed by atoms with Gasteiger partial charge in [0.05, 0.1) is 6.61 Å². The zero-order valence-electron chi connectivity index (χ0n) is 20.5. The van der Waals surface area contributed by atoms with Crippen LogP contribution in [0.3, 0.4) is 0 Å². The van der Waals surface area contributed by atoms with Crippen molar-refractivity contribution in [3.05, 3.63) is 60.2 Å². The molecule has 0 bridgehead atoms. The molecule has 0 fully saturated rings. The summed E-state index contributed by atoms with van der Waals surface area (Å²) in [5.74, 6) is -0.792. The Morgan fingerprint density at radius 3 is 2.34 bits per heavy atom. The fourth-order valence-electron chi connectivity index (χ4n) is 3.26. The number of nitrogens with zero attached hydrogens (tertiary/aromatic N) is 1. The normalized spacial score (nSPS) is 11.5. The molecule has 1 atom stereocenters. The van der Waals surface area contributed by atoms with Gasteiger partial charge in [-0.2, -0.15) is 0 Å². The number of rotatable bonds is 16. The van der Waals surface area contributed by atoms with E-state index in [4.69, 9.17) is 9.84 Å². The van der Waals surface area contributed by atoms with Crippen molar-refractivity contribution < 1.29 is 24.2 Å². The van der Waals surface area contributed by atoms with Gasteiger partial charge >= 0.3 is 5.97 Å². The summed E-state index contributed by atoms with van der Waals surface area (Å²) in [7, 11) is 3.89. The van der Waals surface area contributed by atoms with E-state index in [1.54, 1.807) is 24.3 Å². The molecule has 2 aromatic rings. The number of carboxylic acids is 1. The van der Waals surface area contributed by atoms with Crippen LogP contribution >= 0.6 is 0 Å². The Kier molecular flexibility index (Phi) is 12.1. The number of carboxylic acid groups (broad SMARTS) is 1. The van der Waals surface area contributed by atoms with E-state index in [-0.39, 0.29) is 18.2 Å². The maximum absolute atomic E-state index is 12.9. The molecule has 9 nitrogen and oxygen atoms in total. The predicted molar refractivity (Wildman–Crippen MR) is 135 cm³/mol. The Bertz CT molecular complexity index is 919. The number of hydrogen-bond acceptors (Lipinski definition) is 6. The molecule has 0 aliphatic rings. The molecule has 2 aromatic carbocycles. The lowest BCUT2D eigenvalue weighted by atomic mass is 10.1. The molecule has 35 heavy (non-hydrogen) atoms. The molecule has 0 aromatic heterocycles. The van der Waals surface area contributed by atoms with E-state index in [9.17, 15) is 14.4 Å². The standard InChI is InChI=1S/C26H36N4O5/c1-30(2)18-6-10-23(31)29-25(26(34)27-17-16-20-8-4-3-5-9-20)28-21-12-14-22(15-13-21)35-19-7-11-24(32)33/h3-5,8-9,12-15,25,28H,6-7,10-11,16-19H2,1-2H3,(H,27,34)(H,29,31)(H,32,33). The molecule has 0 saturated heterocycles. The average Bonchev–Trinajstić information content (AvgIpc) is 2.82. The molecule has 0 spiro atoms. The maximum Gasteiger partial charge on any atom is 0.303 e. The van der Waals surface area contributed by atoms with Gasteiger partial charge in [0, 0.05) is 25.1 Å². The Labute approximate surface area is 206 Å². The summed E-state index contributed by atoms with van der Waals surface area (Å²) in [5, 5.41) is 17.4. The van der Waals surface area contributed by atoms with Crippen LogP contribution in [-0.4, -0.2) is 67.7 Å². The van der Waals surface area contributed by atoms with Crippen LogP contribution in [0, 0.1) is 0 Å². The van der Waals surface area contributed by atoms with Crippen molar-refractivity contribution in [3.63, 3.8) is 0 Å². The molecule has 2 rings (SSSR count). The van der Waals surface area contributed by atoms with Gasteiger partial charge in [0.1, 0.15) is 5.75 Å². The summed E-state index contributed by atoms with van der Waals surface area (Å²) in [4.78, 5) is 37.9. The van der Waals surface area contributed by atoms with Gasteiger partial charge in [-0.05, 0) is 69.7 Å². The lowest BCUT2D eigenvalue weighted by Gasteiger charge is -2.21. The van der Waals surface area contributed by atoms with Crippen LogP contribution < -0.4 is 20.7 Å². The molecule has 2 amide bonds. The van der Waals surface area contributed by atoms with Gasteiger partial charge in [0.2, 0.25) is 5.91 Å². The lowest BCUT2D eigenvalue weighted by molar-refractivity contribution is -0.137. The summed E-state index contributed by atoms with van der Waals surface area (Å²) in [6.07, 6.45) is 1.23. The summed E-state index contributed by atoms with van der Waals surface area (Å²) in [5.41, 5.74) is 1.75. The molecule has 1 unspecified atom stereocenters. The monoisotopic (exact) mass is 484 g/mol. The number of benzene rings is 2. The third-order valence-electron chi connectivity index (χ3n) is 5.10. The minimum atomic E-state index is -0.931. The van der Waals surface area contributed by atoms with Gasteiger partial charge in [-0.3, -0.25) is 14.4 Å². The van der Waals surface area contributed by atoms with Crippen molar-refractivity contribution in [1.82, 2.24) is 15.5 Å². The molecule has 0 radical (unpaired) electrons. The topological polar surface area (TPSA) is 120 Å². The first-order valence-electron chi connectivity index (χ1n) is 11.8. The van der Waals surface area contributed by atoms with Gasteiger partial charge < -0.3 is 30.7 Å². The molecule has 0 aliphatic heterocycles. The fourth-order valence-corrected chi connectivity index (χ4v) is 3.26. The summed E-state index contributed by atoms with van der Waals surface area (Å²) < 4.78 is 5.54. The van der Waals surface area contributed by atoms with Crippen LogP contribution in [0.5, 0.6) is 5.75 Å². The average molecular weight is 485 g/mol. The lowest BCUT2D eigenvalue weighted by Crippen LogP contribution is -2.51. The highest BCUT2D eigenvalue weighted by Gasteiger charge is 2.20. The Morgan fingerprint density at radius 2 is 1.69 bits per heavy atom. The predicted octanol–water partition coefficient (Wildman–Crippen LogP) is 2.49. The number of carbonyl (C=O) groups excluding carboxylic acids is 2. The highest BCUT2D eigenvalue weighted by atomic mass is 16.5. The molecular formula is C26H36N4O5. The Hall–Kier alpha value is -3.59. The van der Waals surface area contributed by atoms with Crippen molar-refractivity contribution >= 4 is 23.5 Å². The quantitative estimate of drug-likeness (QED) is 0.213. The van der Waals surface area contributed by atoms with Crippen LogP contribution in [0.2, 0.25) is 0 Å². The first kappa shape index (κ1) is 27.7. The van der Waals surface area contributed by atoms with Crippen LogP contribution in [0.25, 0.3) is 0 Å². The Morgan fingerprint density at radius 1 is 0.971 bits per heavy atom. The minimum absolute atomic E-state index is 0.0505. The molecular weight excluding hydrogens is 448 g/mol. The number of amides is 2. The number of hydrogen-bond donors (Lipinski definition) is 4. The summed E-state index contributed by atoms with van der Waals surface area (Å²) in [6, 6.07) is 16.8. The summed E-state index contributed by atoms with van der Waals surface area (Å²) >= 11 is 0. The maximum atomic E-state index is 12.9. The number of ether oxygens (including phenoxy) is 1. The fraction of sp³-hybridized carbons (Fsp3) is 0.423. The first-order valence-corrected chi connectivity index (χ1v) is 11.8. The molecule has 9 heteroatoms. The van der Waals surface area contributed by atoms with Crippen LogP contribution in [0.4, 0.5) is 5.69 Å². The van der Waals surface area contributed by atoms with Crippen molar-refractivity contribution in [1.29, 1.82) is 0 Å². The second-order valence-corrected chi connectivity index (χ2v) is 8.45. The van der Waals surface area contributed by atoms with E-state index in [2.05, 4.69) is 16.0 Å². The second-order valence-electron chi connectivity index (χ2n) is 8.45. The molecule has 0 aliphatic carbocycles. The van der Waals surface area contributed by atoms with Crippen molar-refractivity contribution in [3.8, 4) is 5.75 Å². The second kappa shape index (κ2) is 15.3. The molecule has 190 valence electrons. The Balaban J connectivity index is 1.93. The van der Waals surface area contributed by atoms with E-state index in [1.165, 1.54) is 0 Å². The van der Waals surface area contributed by atoms with Crippen LogP contribution in [0.15, 0.2) is 54.6 Å². The SMILES string of the molecule is CN(C)CCCC(=O)NC(Nc1ccc(OCCCC(=O)O)cc1)C(=O)NCCc1ccccc1. The highest BCUT2D eigenvalue weighted by Crippen LogP contribution is 2.16. The van der Waals surface area contributed by atoms with Gasteiger partial charge in [-0.15, -0.1) is 0 Å².